The van der Waals surface area contributed by atoms with Crippen LogP contribution >= 0.6 is 0 Å². The number of hydrogen-bond acceptors (Lipinski definition) is 3. The van der Waals surface area contributed by atoms with Gasteiger partial charge in [-0.25, -0.2) is 4.68 Å². The van der Waals surface area contributed by atoms with E-state index in [2.05, 4.69) is 5.10 Å². The van der Waals surface area contributed by atoms with Gasteiger partial charge in [0.2, 0.25) is 0 Å². The summed E-state index contributed by atoms with van der Waals surface area (Å²) < 4.78 is 1.33. The highest BCUT2D eigenvalue weighted by molar-refractivity contribution is 6.03. The Kier molecular flexibility index (Phi) is 1.94. The lowest BCUT2D eigenvalue weighted by atomic mass is 10.2. The molecule has 0 aliphatic heterocycles. The summed E-state index contributed by atoms with van der Waals surface area (Å²) in [5.41, 5.74) is 6.04. The summed E-state index contributed by atoms with van der Waals surface area (Å²) in [7, 11) is 0. The highest BCUT2D eigenvalue weighted by Gasteiger charge is 2.12. The fourth-order valence-corrected chi connectivity index (χ4v) is 1.42. The molecule has 1 amide bonds. The number of aromatic nitrogens is 2. The molecule has 0 bridgehead atoms. The summed E-state index contributed by atoms with van der Waals surface area (Å²) in [6.07, 6.45) is 0. The predicted octanol–water partition coefficient (Wildman–Crippen LogP) is 0.0850. The number of aliphatic hydroxyl groups excluding tert-OH is 1. The first-order valence-electron chi connectivity index (χ1n) is 4.10. The minimum absolute atomic E-state index is 0.189. The number of aliphatic hydroxyl groups is 1. The molecule has 1 heterocycles. The van der Waals surface area contributed by atoms with E-state index in [1.807, 2.05) is 0 Å². The van der Waals surface area contributed by atoms with Crippen LogP contribution in [0, 0.1) is 0 Å². The van der Waals surface area contributed by atoms with Gasteiger partial charge in [-0.3, -0.25) is 4.79 Å². The second-order valence-corrected chi connectivity index (χ2v) is 2.87. The van der Waals surface area contributed by atoms with E-state index in [-0.39, 0.29) is 12.4 Å². The number of benzene rings is 1. The van der Waals surface area contributed by atoms with Crippen LogP contribution in [0.15, 0.2) is 24.3 Å². The number of para-hydroxylation sites is 1. The first kappa shape index (κ1) is 8.71. The molecule has 0 fully saturated rings. The molecule has 2 aromatic rings. The summed E-state index contributed by atoms with van der Waals surface area (Å²) in [5.74, 6) is -0.589. The van der Waals surface area contributed by atoms with Gasteiger partial charge in [0.05, 0.1) is 5.52 Å². The van der Waals surface area contributed by atoms with Gasteiger partial charge in [-0.05, 0) is 6.07 Å². The molecule has 0 unspecified atom stereocenters. The van der Waals surface area contributed by atoms with Crippen LogP contribution in [0.4, 0.5) is 0 Å². The van der Waals surface area contributed by atoms with Gasteiger partial charge in [0.25, 0.3) is 5.91 Å². The zero-order valence-electron chi connectivity index (χ0n) is 7.34. The molecule has 0 spiro atoms. The summed E-state index contributed by atoms with van der Waals surface area (Å²) in [6.45, 7) is -0.270. The number of carbonyl (C=O) groups is 1. The highest BCUT2D eigenvalue weighted by Crippen LogP contribution is 2.17. The van der Waals surface area contributed by atoms with Crippen LogP contribution in [0.25, 0.3) is 10.9 Å². The molecule has 2 rings (SSSR count). The minimum atomic E-state index is -0.589. The SMILES string of the molecule is NC(=O)c1nn(CO)c2ccccc12. The molecule has 0 radical (unpaired) electrons. The topological polar surface area (TPSA) is 81.1 Å². The van der Waals surface area contributed by atoms with Crippen molar-refractivity contribution in [1.29, 1.82) is 0 Å². The molecule has 0 aliphatic rings. The minimum Gasteiger partial charge on any atom is -0.374 e. The van der Waals surface area contributed by atoms with Crippen molar-refractivity contribution >= 4 is 16.8 Å². The van der Waals surface area contributed by atoms with E-state index in [9.17, 15) is 4.79 Å². The van der Waals surface area contributed by atoms with Gasteiger partial charge in [-0.15, -0.1) is 0 Å². The number of rotatable bonds is 2. The molecule has 0 saturated carbocycles. The first-order valence-corrected chi connectivity index (χ1v) is 4.10. The molecule has 5 heteroatoms. The third-order valence-corrected chi connectivity index (χ3v) is 2.03. The van der Waals surface area contributed by atoms with Gasteiger partial charge >= 0.3 is 0 Å². The second kappa shape index (κ2) is 3.12. The Morgan fingerprint density at radius 2 is 2.21 bits per heavy atom. The van der Waals surface area contributed by atoms with Crippen molar-refractivity contribution in [3.05, 3.63) is 30.0 Å². The molecule has 1 aromatic carbocycles. The first-order chi connectivity index (χ1) is 6.74. The molecular formula is C9H9N3O2. The molecule has 3 N–H and O–H groups in total. The Labute approximate surface area is 79.7 Å². The van der Waals surface area contributed by atoms with Crippen LogP contribution in [-0.4, -0.2) is 20.8 Å². The van der Waals surface area contributed by atoms with Gasteiger partial charge < -0.3 is 10.8 Å². The molecule has 72 valence electrons. The lowest BCUT2D eigenvalue weighted by molar-refractivity contribution is 0.0994. The Morgan fingerprint density at radius 3 is 2.86 bits per heavy atom. The third kappa shape index (κ3) is 1.14. The van der Waals surface area contributed by atoms with Gasteiger partial charge in [0.15, 0.2) is 5.69 Å². The van der Waals surface area contributed by atoms with Crippen molar-refractivity contribution in [2.75, 3.05) is 0 Å². The maximum atomic E-state index is 11.0. The summed E-state index contributed by atoms with van der Waals surface area (Å²) in [4.78, 5) is 11.0. The largest absolute Gasteiger partial charge is 0.374 e. The van der Waals surface area contributed by atoms with Crippen LogP contribution < -0.4 is 5.73 Å². The number of primary amides is 1. The number of nitrogens with two attached hydrogens (primary N) is 1. The fourth-order valence-electron chi connectivity index (χ4n) is 1.42. The number of hydrogen-bond donors (Lipinski definition) is 2. The monoisotopic (exact) mass is 191 g/mol. The Hall–Kier alpha value is -1.88. The lowest BCUT2D eigenvalue weighted by Gasteiger charge is -1.94. The second-order valence-electron chi connectivity index (χ2n) is 2.87. The van der Waals surface area contributed by atoms with Crippen molar-refractivity contribution in [1.82, 2.24) is 9.78 Å². The Bertz CT molecular complexity index is 490. The smallest absolute Gasteiger partial charge is 0.269 e. The van der Waals surface area contributed by atoms with Gasteiger partial charge in [-0.1, -0.05) is 18.2 Å². The highest BCUT2D eigenvalue weighted by atomic mass is 16.3. The van der Waals surface area contributed by atoms with E-state index in [0.717, 1.165) is 0 Å². The van der Waals surface area contributed by atoms with Gasteiger partial charge in [0.1, 0.15) is 6.73 Å². The van der Waals surface area contributed by atoms with E-state index in [0.29, 0.717) is 10.9 Å². The van der Waals surface area contributed by atoms with E-state index in [4.69, 9.17) is 10.8 Å². The molecule has 14 heavy (non-hydrogen) atoms. The average molecular weight is 191 g/mol. The number of amides is 1. The quantitative estimate of drug-likeness (QED) is 0.705. The molecule has 0 aliphatic carbocycles. The summed E-state index contributed by atoms with van der Waals surface area (Å²) in [6, 6.07) is 7.11. The van der Waals surface area contributed by atoms with Crippen LogP contribution in [0.2, 0.25) is 0 Å². The van der Waals surface area contributed by atoms with Crippen molar-refractivity contribution in [3.63, 3.8) is 0 Å². The molecule has 0 atom stereocenters. The lowest BCUT2D eigenvalue weighted by Crippen LogP contribution is -2.12. The normalized spacial score (nSPS) is 10.6. The number of fused-ring (bicyclic) bond motifs is 1. The van der Waals surface area contributed by atoms with Crippen molar-refractivity contribution < 1.29 is 9.90 Å². The van der Waals surface area contributed by atoms with E-state index >= 15 is 0 Å². The third-order valence-electron chi connectivity index (χ3n) is 2.03. The van der Waals surface area contributed by atoms with Crippen LogP contribution in [0.1, 0.15) is 10.5 Å². The Morgan fingerprint density at radius 1 is 1.50 bits per heavy atom. The average Bonchev–Trinajstić information content (AvgIpc) is 2.56. The summed E-state index contributed by atoms with van der Waals surface area (Å²) in [5, 5.41) is 13.5. The number of nitrogens with zero attached hydrogens (tertiary/aromatic N) is 2. The maximum absolute atomic E-state index is 11.0. The fraction of sp³-hybridized carbons (Fsp3) is 0.111. The Balaban J connectivity index is 2.80. The van der Waals surface area contributed by atoms with Crippen LogP contribution in [-0.2, 0) is 6.73 Å². The van der Waals surface area contributed by atoms with Crippen molar-refractivity contribution in [2.24, 2.45) is 5.73 Å². The van der Waals surface area contributed by atoms with Gasteiger partial charge in [-0.2, -0.15) is 5.10 Å². The van der Waals surface area contributed by atoms with E-state index < -0.39 is 5.91 Å². The van der Waals surface area contributed by atoms with Crippen LogP contribution in [0.5, 0.6) is 0 Å². The van der Waals surface area contributed by atoms with Crippen LogP contribution in [0.3, 0.4) is 0 Å². The van der Waals surface area contributed by atoms with Crippen molar-refractivity contribution in [3.8, 4) is 0 Å². The van der Waals surface area contributed by atoms with E-state index in [1.54, 1.807) is 24.3 Å². The molecule has 0 saturated heterocycles. The van der Waals surface area contributed by atoms with Gasteiger partial charge in [0, 0.05) is 5.39 Å². The van der Waals surface area contributed by atoms with Crippen molar-refractivity contribution in [2.45, 2.75) is 6.73 Å². The summed E-state index contributed by atoms with van der Waals surface area (Å²) >= 11 is 0. The standard InChI is InChI=1S/C9H9N3O2/c10-9(14)8-6-3-1-2-4-7(6)12(5-13)11-8/h1-4,13H,5H2,(H2,10,14). The predicted molar refractivity (Wildman–Crippen MR) is 50.5 cm³/mol. The van der Waals surface area contributed by atoms with E-state index in [1.165, 1.54) is 4.68 Å². The molecule has 1 aromatic heterocycles. The zero-order chi connectivity index (χ0) is 10.1. The molecule has 5 nitrogen and oxygen atoms in total. The molecular weight excluding hydrogens is 182 g/mol. The zero-order valence-corrected chi connectivity index (χ0v) is 7.34. The maximum Gasteiger partial charge on any atom is 0.269 e. The number of carbonyl (C=O) groups excluding carboxylic acids is 1.